The van der Waals surface area contributed by atoms with Gasteiger partial charge in [-0.15, -0.1) is 0 Å². The van der Waals surface area contributed by atoms with Crippen LogP contribution in [-0.4, -0.2) is 66.6 Å². The van der Waals surface area contributed by atoms with Gasteiger partial charge in [-0.05, 0) is 32.4 Å². The predicted molar refractivity (Wildman–Crippen MR) is 71.5 cm³/mol. The Hall–Kier alpha value is -0.450. The number of ketones is 1. The molecule has 1 saturated carbocycles. The summed E-state index contributed by atoms with van der Waals surface area (Å²) in [5.41, 5.74) is 0. The van der Waals surface area contributed by atoms with Gasteiger partial charge in [-0.3, -0.25) is 9.69 Å². The van der Waals surface area contributed by atoms with Gasteiger partial charge in [0.15, 0.2) is 0 Å². The van der Waals surface area contributed by atoms with E-state index in [-0.39, 0.29) is 6.61 Å². The molecule has 0 bridgehead atoms. The third kappa shape index (κ3) is 4.04. The Morgan fingerprint density at radius 2 is 1.83 bits per heavy atom. The highest BCUT2D eigenvalue weighted by atomic mass is 16.3. The fourth-order valence-corrected chi connectivity index (χ4v) is 3.13. The van der Waals surface area contributed by atoms with E-state index in [4.69, 9.17) is 5.11 Å². The maximum absolute atomic E-state index is 11.9. The molecule has 2 aliphatic rings. The Kier molecular flexibility index (Phi) is 5.60. The highest BCUT2D eigenvalue weighted by Gasteiger charge is 2.25. The average molecular weight is 254 g/mol. The number of nitrogens with zero attached hydrogens (tertiary/aromatic N) is 2. The third-order valence-electron chi connectivity index (χ3n) is 4.26. The summed E-state index contributed by atoms with van der Waals surface area (Å²) in [6.45, 7) is 6.26. The molecule has 0 aromatic rings. The monoisotopic (exact) mass is 254 g/mol. The number of hydrogen-bond acceptors (Lipinski definition) is 4. The van der Waals surface area contributed by atoms with Gasteiger partial charge < -0.3 is 10.0 Å². The van der Waals surface area contributed by atoms with Crippen LogP contribution < -0.4 is 0 Å². The number of rotatable bonds is 4. The van der Waals surface area contributed by atoms with Crippen molar-refractivity contribution in [3.63, 3.8) is 0 Å². The Morgan fingerprint density at radius 1 is 1.06 bits per heavy atom. The Morgan fingerprint density at radius 3 is 2.61 bits per heavy atom. The van der Waals surface area contributed by atoms with Gasteiger partial charge in [0.25, 0.3) is 0 Å². The minimum atomic E-state index is 0.251. The van der Waals surface area contributed by atoms with Crippen LogP contribution in [0.1, 0.15) is 32.1 Å². The van der Waals surface area contributed by atoms with E-state index in [9.17, 15) is 4.79 Å². The van der Waals surface area contributed by atoms with E-state index in [1.165, 1.54) is 6.42 Å². The van der Waals surface area contributed by atoms with Crippen molar-refractivity contribution >= 4 is 5.78 Å². The van der Waals surface area contributed by atoms with E-state index < -0.39 is 0 Å². The summed E-state index contributed by atoms with van der Waals surface area (Å²) in [5.74, 6) is 0.779. The number of hydrogen-bond donors (Lipinski definition) is 1. The van der Waals surface area contributed by atoms with Gasteiger partial charge in [-0.1, -0.05) is 6.42 Å². The minimum Gasteiger partial charge on any atom is -0.395 e. The van der Waals surface area contributed by atoms with Crippen LogP contribution in [0.25, 0.3) is 0 Å². The number of carbonyl (C=O) groups excluding carboxylic acids is 1. The molecule has 1 aliphatic heterocycles. The lowest BCUT2D eigenvalue weighted by atomic mass is 9.87. The second-order valence-electron chi connectivity index (χ2n) is 5.63. The van der Waals surface area contributed by atoms with Crippen molar-refractivity contribution in [3.05, 3.63) is 0 Å². The number of carbonyl (C=O) groups is 1. The molecule has 1 aliphatic carbocycles. The maximum atomic E-state index is 11.9. The molecule has 0 aromatic carbocycles. The number of Topliss-reactive ketones (excluding diaryl/α,β-unsaturated/α-hetero) is 1. The average Bonchev–Trinajstić information content (AvgIpc) is 2.59. The zero-order valence-corrected chi connectivity index (χ0v) is 11.3. The van der Waals surface area contributed by atoms with Crippen LogP contribution in [0.15, 0.2) is 0 Å². The molecule has 0 aromatic heterocycles. The molecule has 4 nitrogen and oxygen atoms in total. The zero-order chi connectivity index (χ0) is 12.8. The first-order valence-corrected chi connectivity index (χ1v) is 7.38. The van der Waals surface area contributed by atoms with Gasteiger partial charge in [0.2, 0.25) is 0 Å². The summed E-state index contributed by atoms with van der Waals surface area (Å²) in [5, 5.41) is 8.97. The van der Waals surface area contributed by atoms with Crippen LogP contribution >= 0.6 is 0 Å². The number of aliphatic hydroxyl groups is 1. The fraction of sp³-hybridized carbons (Fsp3) is 0.929. The molecular formula is C14H26N2O2. The van der Waals surface area contributed by atoms with Gasteiger partial charge >= 0.3 is 0 Å². The van der Waals surface area contributed by atoms with Crippen LogP contribution in [-0.2, 0) is 4.79 Å². The molecule has 2 rings (SSSR count). The normalized spacial score (nSPS) is 28.3. The van der Waals surface area contributed by atoms with Gasteiger partial charge in [0.05, 0.1) is 6.61 Å². The Balaban J connectivity index is 1.77. The summed E-state index contributed by atoms with van der Waals surface area (Å²) in [7, 11) is 0. The highest BCUT2D eigenvalue weighted by molar-refractivity contribution is 5.81. The molecule has 4 heteroatoms. The van der Waals surface area contributed by atoms with E-state index in [0.717, 1.165) is 65.0 Å². The van der Waals surface area contributed by atoms with Crippen LogP contribution in [0.4, 0.5) is 0 Å². The van der Waals surface area contributed by atoms with Crippen LogP contribution in [0.2, 0.25) is 0 Å². The van der Waals surface area contributed by atoms with Crippen molar-refractivity contribution in [1.82, 2.24) is 9.80 Å². The summed E-state index contributed by atoms with van der Waals surface area (Å²) in [6, 6.07) is 0. The van der Waals surface area contributed by atoms with Gasteiger partial charge in [0.1, 0.15) is 5.78 Å². The Labute approximate surface area is 110 Å². The largest absolute Gasteiger partial charge is 0.395 e. The first kappa shape index (κ1) is 14.0. The van der Waals surface area contributed by atoms with Gasteiger partial charge in [-0.25, -0.2) is 0 Å². The van der Waals surface area contributed by atoms with Crippen molar-refractivity contribution in [2.75, 3.05) is 45.9 Å². The van der Waals surface area contributed by atoms with Crippen LogP contribution in [0.3, 0.4) is 0 Å². The number of β-amino-alcohol motifs (C(OH)–C–C–N with tert-alkyl or cyclic N) is 1. The second-order valence-corrected chi connectivity index (χ2v) is 5.63. The summed E-state index contributed by atoms with van der Waals surface area (Å²) in [4.78, 5) is 16.6. The summed E-state index contributed by atoms with van der Waals surface area (Å²) < 4.78 is 0. The Bertz CT molecular complexity index is 271. The molecule has 0 radical (unpaired) electrons. The quantitative estimate of drug-likeness (QED) is 0.804. The minimum absolute atomic E-state index is 0.251. The molecule has 0 amide bonds. The lowest BCUT2D eigenvalue weighted by Crippen LogP contribution is -2.37. The molecule has 0 spiro atoms. The van der Waals surface area contributed by atoms with Crippen molar-refractivity contribution in [3.8, 4) is 0 Å². The zero-order valence-electron chi connectivity index (χ0n) is 11.3. The number of aliphatic hydroxyl groups excluding tert-OH is 1. The van der Waals surface area contributed by atoms with Crippen molar-refractivity contribution < 1.29 is 9.90 Å². The highest BCUT2D eigenvalue weighted by Crippen LogP contribution is 2.22. The van der Waals surface area contributed by atoms with E-state index in [1.54, 1.807) is 0 Å². The van der Waals surface area contributed by atoms with E-state index >= 15 is 0 Å². The van der Waals surface area contributed by atoms with Gasteiger partial charge in [0, 0.05) is 38.5 Å². The second kappa shape index (κ2) is 7.22. The lowest BCUT2D eigenvalue weighted by molar-refractivity contribution is -0.125. The molecule has 104 valence electrons. The maximum Gasteiger partial charge on any atom is 0.137 e. The molecular weight excluding hydrogens is 228 g/mol. The first-order valence-electron chi connectivity index (χ1n) is 7.38. The predicted octanol–water partition coefficient (Wildman–Crippen LogP) is 0.746. The molecule has 18 heavy (non-hydrogen) atoms. The molecule has 2 fully saturated rings. The van der Waals surface area contributed by atoms with Crippen molar-refractivity contribution in [2.24, 2.45) is 5.92 Å². The molecule has 1 unspecified atom stereocenters. The third-order valence-corrected chi connectivity index (χ3v) is 4.26. The van der Waals surface area contributed by atoms with Gasteiger partial charge in [-0.2, -0.15) is 0 Å². The van der Waals surface area contributed by atoms with E-state index in [0.29, 0.717) is 11.7 Å². The van der Waals surface area contributed by atoms with Crippen molar-refractivity contribution in [1.29, 1.82) is 0 Å². The molecule has 1 N–H and O–H groups in total. The molecule has 1 atom stereocenters. The van der Waals surface area contributed by atoms with Crippen molar-refractivity contribution in [2.45, 2.75) is 32.1 Å². The summed E-state index contributed by atoms with van der Waals surface area (Å²) >= 11 is 0. The van der Waals surface area contributed by atoms with E-state index in [2.05, 4.69) is 9.80 Å². The molecule has 1 saturated heterocycles. The first-order chi connectivity index (χ1) is 8.79. The summed E-state index contributed by atoms with van der Waals surface area (Å²) in [6.07, 6.45) is 5.37. The fourth-order valence-electron chi connectivity index (χ4n) is 3.13. The lowest BCUT2D eigenvalue weighted by Gasteiger charge is -2.28. The van der Waals surface area contributed by atoms with Crippen LogP contribution in [0.5, 0.6) is 0 Å². The topological polar surface area (TPSA) is 43.8 Å². The SMILES string of the molecule is O=C1CCCCC1CN1CCCN(CCO)CC1. The standard InChI is InChI=1S/C14H26N2O2/c17-11-10-15-6-3-7-16(9-8-15)12-13-4-1-2-5-14(13)18/h13,17H,1-12H2. The van der Waals surface area contributed by atoms with E-state index in [1.807, 2.05) is 0 Å². The van der Waals surface area contributed by atoms with Crippen LogP contribution in [0, 0.1) is 5.92 Å². The molecule has 1 heterocycles. The smallest absolute Gasteiger partial charge is 0.137 e.